The van der Waals surface area contributed by atoms with Gasteiger partial charge in [-0.3, -0.25) is 4.79 Å². The monoisotopic (exact) mass is 343 g/mol. The summed E-state index contributed by atoms with van der Waals surface area (Å²) in [5.74, 6) is -0.0825. The normalized spacial score (nSPS) is 10.0. The van der Waals surface area contributed by atoms with Crippen LogP contribution in [0, 0.1) is 0 Å². The fourth-order valence-electron chi connectivity index (χ4n) is 2.31. The Bertz CT molecular complexity index is 757. The minimum atomic E-state index is -0.611. The molecule has 0 fully saturated rings. The molecule has 0 saturated carbocycles. The maximum absolute atomic E-state index is 12.1. The number of esters is 1. The number of ether oxygens (including phenoxy) is 3. The van der Waals surface area contributed by atoms with E-state index in [1.54, 1.807) is 12.1 Å². The highest BCUT2D eigenvalue weighted by Crippen LogP contribution is 2.27. The van der Waals surface area contributed by atoms with Crippen molar-refractivity contribution >= 4 is 17.6 Å². The molecule has 0 aliphatic heterocycles. The van der Waals surface area contributed by atoms with Gasteiger partial charge in [0.25, 0.3) is 5.91 Å². The summed E-state index contributed by atoms with van der Waals surface area (Å²) in [6, 6.07) is 12.2. The summed E-state index contributed by atoms with van der Waals surface area (Å²) < 4.78 is 15.3. The molecule has 2 aromatic carbocycles. The molecule has 2 aromatic rings. The number of anilines is 1. The summed E-state index contributed by atoms with van der Waals surface area (Å²) in [6.07, 6.45) is 0.794. The Morgan fingerprint density at radius 3 is 2.40 bits per heavy atom. The van der Waals surface area contributed by atoms with E-state index in [9.17, 15) is 9.59 Å². The van der Waals surface area contributed by atoms with Gasteiger partial charge in [-0.05, 0) is 36.2 Å². The zero-order valence-electron chi connectivity index (χ0n) is 14.5. The molecule has 0 bridgehead atoms. The van der Waals surface area contributed by atoms with Crippen LogP contribution in [0.5, 0.6) is 11.5 Å². The maximum atomic E-state index is 12.1. The highest BCUT2D eigenvalue weighted by molar-refractivity contribution is 5.96. The Hall–Kier alpha value is -3.02. The number of methoxy groups -OCH3 is 2. The van der Waals surface area contributed by atoms with Gasteiger partial charge in [0, 0.05) is 5.69 Å². The lowest BCUT2D eigenvalue weighted by molar-refractivity contribution is -0.119. The van der Waals surface area contributed by atoms with Gasteiger partial charge >= 0.3 is 5.97 Å². The van der Waals surface area contributed by atoms with Gasteiger partial charge in [0.15, 0.2) is 18.1 Å². The second-order valence-electron chi connectivity index (χ2n) is 5.20. The van der Waals surface area contributed by atoms with Crippen molar-refractivity contribution in [3.05, 3.63) is 53.6 Å². The fraction of sp³-hybridized carbons (Fsp3) is 0.263. The average molecular weight is 343 g/mol. The summed E-state index contributed by atoms with van der Waals surface area (Å²) in [5, 5.41) is 2.75. The van der Waals surface area contributed by atoms with E-state index >= 15 is 0 Å². The van der Waals surface area contributed by atoms with Gasteiger partial charge < -0.3 is 19.5 Å². The smallest absolute Gasteiger partial charge is 0.338 e. The SMILES string of the molecule is CCc1ccccc1NC(=O)COC(=O)c1ccc(OC)c(OC)c1. The van der Waals surface area contributed by atoms with Gasteiger partial charge in [0.1, 0.15) is 0 Å². The number of nitrogens with one attached hydrogen (secondary N) is 1. The molecule has 0 atom stereocenters. The van der Waals surface area contributed by atoms with Crippen molar-refractivity contribution in [3.63, 3.8) is 0 Å². The van der Waals surface area contributed by atoms with Gasteiger partial charge in [0.05, 0.1) is 19.8 Å². The second-order valence-corrected chi connectivity index (χ2v) is 5.20. The summed E-state index contributed by atoms with van der Waals surface area (Å²) in [5.41, 5.74) is 2.01. The number of amides is 1. The molecule has 0 saturated heterocycles. The fourth-order valence-corrected chi connectivity index (χ4v) is 2.31. The predicted molar refractivity (Wildman–Crippen MR) is 94.3 cm³/mol. The van der Waals surface area contributed by atoms with Crippen LogP contribution in [0.2, 0.25) is 0 Å². The average Bonchev–Trinajstić information content (AvgIpc) is 2.65. The van der Waals surface area contributed by atoms with Crippen molar-refractivity contribution in [2.45, 2.75) is 13.3 Å². The second kappa shape index (κ2) is 8.73. The van der Waals surface area contributed by atoms with Crippen LogP contribution >= 0.6 is 0 Å². The molecule has 0 aliphatic carbocycles. The van der Waals surface area contributed by atoms with E-state index in [-0.39, 0.29) is 12.2 Å². The van der Waals surface area contributed by atoms with Gasteiger partial charge in [-0.1, -0.05) is 25.1 Å². The molecule has 2 rings (SSSR count). The first-order valence-electron chi connectivity index (χ1n) is 7.86. The van der Waals surface area contributed by atoms with Crippen LogP contribution in [-0.2, 0) is 16.0 Å². The Balaban J connectivity index is 1.96. The first kappa shape index (κ1) is 18.3. The number of hydrogen-bond acceptors (Lipinski definition) is 5. The quantitative estimate of drug-likeness (QED) is 0.782. The maximum Gasteiger partial charge on any atom is 0.338 e. The van der Waals surface area contributed by atoms with E-state index in [0.717, 1.165) is 17.7 Å². The third-order valence-electron chi connectivity index (χ3n) is 3.63. The van der Waals surface area contributed by atoms with Gasteiger partial charge in [-0.25, -0.2) is 4.79 Å². The number of aryl methyl sites for hydroxylation is 1. The lowest BCUT2D eigenvalue weighted by Gasteiger charge is -2.11. The molecule has 1 amide bonds. The molecule has 6 nitrogen and oxygen atoms in total. The largest absolute Gasteiger partial charge is 0.493 e. The van der Waals surface area contributed by atoms with Crippen molar-refractivity contribution in [1.29, 1.82) is 0 Å². The number of para-hydroxylation sites is 1. The molecule has 0 aromatic heterocycles. The van der Waals surface area contributed by atoms with Crippen molar-refractivity contribution in [3.8, 4) is 11.5 Å². The van der Waals surface area contributed by atoms with Crippen LogP contribution in [0.3, 0.4) is 0 Å². The molecular formula is C19H21NO5. The van der Waals surface area contributed by atoms with Crippen LogP contribution < -0.4 is 14.8 Å². The van der Waals surface area contributed by atoms with Crippen LogP contribution in [0.25, 0.3) is 0 Å². The minimum Gasteiger partial charge on any atom is -0.493 e. The Kier molecular flexibility index (Phi) is 6.39. The molecule has 0 radical (unpaired) electrons. The number of hydrogen-bond donors (Lipinski definition) is 1. The lowest BCUT2D eigenvalue weighted by Crippen LogP contribution is -2.21. The Labute approximate surface area is 146 Å². The molecular weight excluding hydrogens is 322 g/mol. The van der Waals surface area contributed by atoms with E-state index in [1.165, 1.54) is 20.3 Å². The molecule has 132 valence electrons. The third-order valence-corrected chi connectivity index (χ3v) is 3.63. The Morgan fingerprint density at radius 2 is 1.72 bits per heavy atom. The number of carbonyl (C=O) groups excluding carboxylic acids is 2. The number of rotatable bonds is 7. The van der Waals surface area contributed by atoms with Crippen molar-refractivity contribution in [2.75, 3.05) is 26.1 Å². The number of benzene rings is 2. The van der Waals surface area contributed by atoms with Crippen molar-refractivity contribution in [2.24, 2.45) is 0 Å². The molecule has 0 unspecified atom stereocenters. The summed E-state index contributed by atoms with van der Waals surface area (Å²) in [7, 11) is 2.99. The van der Waals surface area contributed by atoms with Crippen LogP contribution in [-0.4, -0.2) is 32.7 Å². The van der Waals surface area contributed by atoms with Gasteiger partial charge in [-0.2, -0.15) is 0 Å². The van der Waals surface area contributed by atoms with Crippen molar-refractivity contribution in [1.82, 2.24) is 0 Å². The predicted octanol–water partition coefficient (Wildman–Crippen LogP) is 3.06. The van der Waals surface area contributed by atoms with Crippen LogP contribution in [0.4, 0.5) is 5.69 Å². The first-order valence-corrected chi connectivity index (χ1v) is 7.86. The first-order chi connectivity index (χ1) is 12.1. The van der Waals surface area contributed by atoms with Gasteiger partial charge in [0.2, 0.25) is 0 Å². The van der Waals surface area contributed by atoms with Gasteiger partial charge in [-0.15, -0.1) is 0 Å². The molecule has 0 heterocycles. The van der Waals surface area contributed by atoms with E-state index in [4.69, 9.17) is 14.2 Å². The van der Waals surface area contributed by atoms with Crippen LogP contribution in [0.15, 0.2) is 42.5 Å². The zero-order valence-corrected chi connectivity index (χ0v) is 14.5. The molecule has 1 N–H and O–H groups in total. The summed E-state index contributed by atoms with van der Waals surface area (Å²) >= 11 is 0. The summed E-state index contributed by atoms with van der Waals surface area (Å²) in [6.45, 7) is 1.63. The van der Waals surface area contributed by atoms with E-state index < -0.39 is 11.9 Å². The standard InChI is InChI=1S/C19H21NO5/c1-4-13-7-5-6-8-15(13)20-18(21)12-25-19(22)14-9-10-16(23-2)17(11-14)24-3/h5-11H,4,12H2,1-3H3,(H,20,21). The zero-order chi connectivity index (χ0) is 18.2. The van der Waals surface area contributed by atoms with E-state index in [1.807, 2.05) is 31.2 Å². The molecule has 6 heteroatoms. The third kappa shape index (κ3) is 4.73. The topological polar surface area (TPSA) is 73.9 Å². The highest BCUT2D eigenvalue weighted by atomic mass is 16.5. The van der Waals surface area contributed by atoms with Crippen LogP contribution in [0.1, 0.15) is 22.8 Å². The molecule has 25 heavy (non-hydrogen) atoms. The van der Waals surface area contributed by atoms with E-state index in [2.05, 4.69) is 5.32 Å². The van der Waals surface area contributed by atoms with E-state index in [0.29, 0.717) is 11.5 Å². The minimum absolute atomic E-state index is 0.277. The van der Waals surface area contributed by atoms with Crippen molar-refractivity contribution < 1.29 is 23.8 Å². The Morgan fingerprint density at radius 1 is 1.00 bits per heavy atom. The number of carbonyl (C=O) groups is 2. The molecule has 0 aliphatic rings. The molecule has 0 spiro atoms. The lowest BCUT2D eigenvalue weighted by atomic mass is 10.1. The summed E-state index contributed by atoms with van der Waals surface area (Å²) in [4.78, 5) is 24.1. The highest BCUT2D eigenvalue weighted by Gasteiger charge is 2.14.